The van der Waals surface area contributed by atoms with Gasteiger partial charge in [-0.2, -0.15) is 0 Å². The summed E-state index contributed by atoms with van der Waals surface area (Å²) in [4.78, 5) is 11.7. The number of rotatable bonds is 6. The zero-order valence-electron chi connectivity index (χ0n) is 25.2. The highest BCUT2D eigenvalue weighted by Gasteiger charge is 2.16. The van der Waals surface area contributed by atoms with Crippen LogP contribution in [0.1, 0.15) is 0 Å². The van der Waals surface area contributed by atoms with Crippen molar-refractivity contribution < 1.29 is 8.83 Å². The van der Waals surface area contributed by atoms with Crippen molar-refractivity contribution in [3.8, 4) is 34.0 Å². The molecule has 47 heavy (non-hydrogen) atoms. The third-order valence-corrected chi connectivity index (χ3v) is 8.52. The van der Waals surface area contributed by atoms with Crippen molar-refractivity contribution in [2.75, 3.05) is 4.90 Å². The van der Waals surface area contributed by atoms with Crippen LogP contribution in [0.2, 0.25) is 0 Å². The van der Waals surface area contributed by atoms with Gasteiger partial charge in [0.2, 0.25) is 11.8 Å². The Labute approximate surface area is 271 Å². The second-order valence-corrected chi connectivity index (χ2v) is 11.5. The molecule has 7 aromatic carbocycles. The standard InChI is InChI=1S/C42H27N3O2/c1-2-8-28(9-3-1)31-14-15-33-27-36(25-20-32(33)26-31)45(34-21-16-29(17-22-34)41-43-37-10-4-6-12-39(37)46-41)35-23-18-30(19-24-35)42-44-38-11-5-7-13-40(38)47-42/h1-27H. The number of para-hydroxylation sites is 4. The summed E-state index contributed by atoms with van der Waals surface area (Å²) in [7, 11) is 0. The molecule has 0 aliphatic rings. The first-order valence-electron chi connectivity index (χ1n) is 15.6. The van der Waals surface area contributed by atoms with E-state index >= 15 is 0 Å². The molecule has 0 N–H and O–H groups in total. The highest BCUT2D eigenvalue weighted by molar-refractivity contribution is 5.92. The Kier molecular flexibility index (Phi) is 6.39. The van der Waals surface area contributed by atoms with Crippen LogP contribution in [0.4, 0.5) is 17.1 Å². The van der Waals surface area contributed by atoms with Gasteiger partial charge in [-0.3, -0.25) is 0 Å². The molecule has 0 fully saturated rings. The molecule has 9 rings (SSSR count). The molecule has 222 valence electrons. The van der Waals surface area contributed by atoms with Gasteiger partial charge in [0.1, 0.15) is 11.0 Å². The van der Waals surface area contributed by atoms with Crippen LogP contribution in [0.5, 0.6) is 0 Å². The summed E-state index contributed by atoms with van der Waals surface area (Å²) in [5, 5.41) is 2.35. The van der Waals surface area contributed by atoms with Gasteiger partial charge in [0.05, 0.1) is 0 Å². The van der Waals surface area contributed by atoms with Crippen LogP contribution in [-0.4, -0.2) is 9.97 Å². The Hall–Kier alpha value is -6.46. The van der Waals surface area contributed by atoms with Crippen molar-refractivity contribution in [3.05, 3.63) is 164 Å². The highest BCUT2D eigenvalue weighted by atomic mass is 16.4. The van der Waals surface area contributed by atoms with Gasteiger partial charge >= 0.3 is 0 Å². The summed E-state index contributed by atoms with van der Waals surface area (Å²) in [5.74, 6) is 1.21. The molecular weight excluding hydrogens is 578 g/mol. The molecule has 0 aliphatic heterocycles. The normalized spacial score (nSPS) is 11.4. The van der Waals surface area contributed by atoms with Crippen molar-refractivity contribution in [3.63, 3.8) is 0 Å². The molecule has 2 heterocycles. The van der Waals surface area contributed by atoms with Crippen LogP contribution in [0.15, 0.2) is 173 Å². The van der Waals surface area contributed by atoms with E-state index < -0.39 is 0 Å². The lowest BCUT2D eigenvalue weighted by Gasteiger charge is -2.26. The van der Waals surface area contributed by atoms with E-state index in [-0.39, 0.29) is 0 Å². The second kappa shape index (κ2) is 11.2. The summed E-state index contributed by atoms with van der Waals surface area (Å²) >= 11 is 0. The third-order valence-electron chi connectivity index (χ3n) is 8.52. The van der Waals surface area contributed by atoms with E-state index in [0.717, 1.165) is 50.4 Å². The SMILES string of the molecule is c1ccc(-c2ccc3cc(N(c4ccc(-c5nc6ccccc6o5)cc4)c4ccc(-c5nc6ccccc6o5)cc4)ccc3c2)cc1. The molecule has 2 aromatic heterocycles. The number of oxazole rings is 2. The van der Waals surface area contributed by atoms with E-state index in [1.807, 2.05) is 54.6 Å². The lowest BCUT2D eigenvalue weighted by molar-refractivity contribution is 0.619. The van der Waals surface area contributed by atoms with Crippen LogP contribution >= 0.6 is 0 Å². The summed E-state index contributed by atoms with van der Waals surface area (Å²) in [6, 6.07) is 56.1. The minimum absolute atomic E-state index is 0.604. The Morgan fingerprint density at radius 3 is 1.40 bits per heavy atom. The zero-order chi connectivity index (χ0) is 31.2. The van der Waals surface area contributed by atoms with E-state index in [0.29, 0.717) is 11.8 Å². The quantitative estimate of drug-likeness (QED) is 0.189. The minimum atomic E-state index is 0.604. The van der Waals surface area contributed by atoms with Gasteiger partial charge in [-0.1, -0.05) is 72.8 Å². The van der Waals surface area contributed by atoms with Gasteiger partial charge in [0.25, 0.3) is 0 Å². The van der Waals surface area contributed by atoms with Crippen LogP contribution < -0.4 is 4.90 Å². The topological polar surface area (TPSA) is 55.3 Å². The largest absolute Gasteiger partial charge is 0.436 e. The molecule has 0 saturated heterocycles. The maximum Gasteiger partial charge on any atom is 0.227 e. The fourth-order valence-corrected chi connectivity index (χ4v) is 6.13. The smallest absolute Gasteiger partial charge is 0.227 e. The number of hydrogen-bond donors (Lipinski definition) is 0. The van der Waals surface area contributed by atoms with Crippen molar-refractivity contribution in [2.45, 2.75) is 0 Å². The number of aromatic nitrogens is 2. The molecule has 9 aromatic rings. The van der Waals surface area contributed by atoms with Crippen LogP contribution in [-0.2, 0) is 0 Å². The first kappa shape index (κ1) is 26.9. The van der Waals surface area contributed by atoms with Crippen molar-refractivity contribution >= 4 is 50.0 Å². The van der Waals surface area contributed by atoms with Gasteiger partial charge in [-0.25, -0.2) is 9.97 Å². The van der Waals surface area contributed by atoms with E-state index in [4.69, 9.17) is 18.8 Å². The van der Waals surface area contributed by atoms with Gasteiger partial charge < -0.3 is 13.7 Å². The number of fused-ring (bicyclic) bond motifs is 3. The van der Waals surface area contributed by atoms with Gasteiger partial charge in [-0.15, -0.1) is 0 Å². The fraction of sp³-hybridized carbons (Fsp3) is 0. The summed E-state index contributed by atoms with van der Waals surface area (Å²) < 4.78 is 12.1. The highest BCUT2D eigenvalue weighted by Crippen LogP contribution is 2.39. The van der Waals surface area contributed by atoms with E-state index in [2.05, 4.69) is 114 Å². The van der Waals surface area contributed by atoms with E-state index in [1.54, 1.807) is 0 Å². The van der Waals surface area contributed by atoms with E-state index in [9.17, 15) is 0 Å². The summed E-state index contributed by atoms with van der Waals surface area (Å²) in [6.45, 7) is 0. The van der Waals surface area contributed by atoms with Crippen molar-refractivity contribution in [1.29, 1.82) is 0 Å². The van der Waals surface area contributed by atoms with Crippen LogP contribution in [0.3, 0.4) is 0 Å². The van der Waals surface area contributed by atoms with Crippen LogP contribution in [0, 0.1) is 0 Å². The number of nitrogens with zero attached hydrogens (tertiary/aromatic N) is 3. The first-order valence-corrected chi connectivity index (χ1v) is 15.6. The predicted molar refractivity (Wildman–Crippen MR) is 190 cm³/mol. The minimum Gasteiger partial charge on any atom is -0.436 e. The molecule has 0 amide bonds. The van der Waals surface area contributed by atoms with Gasteiger partial charge in [0.15, 0.2) is 11.2 Å². The monoisotopic (exact) mass is 605 g/mol. The molecular formula is C42H27N3O2. The van der Waals surface area contributed by atoms with Crippen molar-refractivity contribution in [1.82, 2.24) is 9.97 Å². The maximum absolute atomic E-state index is 6.05. The average molecular weight is 606 g/mol. The molecule has 0 atom stereocenters. The molecule has 0 spiro atoms. The second-order valence-electron chi connectivity index (χ2n) is 11.5. The predicted octanol–water partition coefficient (Wildman–Crippen LogP) is 11.6. The fourth-order valence-electron chi connectivity index (χ4n) is 6.13. The number of anilines is 3. The molecule has 0 aliphatic carbocycles. The maximum atomic E-state index is 6.05. The molecule has 0 saturated carbocycles. The molecule has 0 radical (unpaired) electrons. The molecule has 0 unspecified atom stereocenters. The Bertz CT molecular complexity index is 2330. The summed E-state index contributed by atoms with van der Waals surface area (Å²) in [5.41, 5.74) is 10.6. The Morgan fingerprint density at radius 1 is 0.362 bits per heavy atom. The Balaban J connectivity index is 1.11. The molecule has 5 heteroatoms. The Morgan fingerprint density at radius 2 is 0.830 bits per heavy atom. The first-order chi connectivity index (χ1) is 23.2. The molecule has 5 nitrogen and oxygen atoms in total. The molecule has 0 bridgehead atoms. The zero-order valence-corrected chi connectivity index (χ0v) is 25.2. The van der Waals surface area contributed by atoms with Gasteiger partial charge in [-0.05, 0) is 113 Å². The van der Waals surface area contributed by atoms with Gasteiger partial charge in [0, 0.05) is 28.2 Å². The number of benzene rings is 7. The number of hydrogen-bond acceptors (Lipinski definition) is 5. The summed E-state index contributed by atoms with van der Waals surface area (Å²) in [6.07, 6.45) is 0. The third kappa shape index (κ3) is 5.00. The van der Waals surface area contributed by atoms with Crippen molar-refractivity contribution in [2.24, 2.45) is 0 Å². The van der Waals surface area contributed by atoms with Crippen LogP contribution in [0.25, 0.3) is 67.0 Å². The average Bonchev–Trinajstić information content (AvgIpc) is 3.78. The lowest BCUT2D eigenvalue weighted by atomic mass is 10.0. The lowest BCUT2D eigenvalue weighted by Crippen LogP contribution is -2.09. The van der Waals surface area contributed by atoms with E-state index in [1.165, 1.54) is 21.9 Å².